The molecule has 30 heavy (non-hydrogen) atoms. The van der Waals surface area contributed by atoms with Crippen LogP contribution < -0.4 is 0 Å². The van der Waals surface area contributed by atoms with E-state index < -0.39 is 0 Å². The topological polar surface area (TPSA) is 103 Å². The zero-order valence-corrected chi connectivity index (χ0v) is 16.7. The van der Waals surface area contributed by atoms with Crippen molar-refractivity contribution in [2.24, 2.45) is 0 Å². The minimum absolute atomic E-state index is 0.00603. The lowest BCUT2D eigenvalue weighted by molar-refractivity contribution is -0.131. The molecule has 0 saturated carbocycles. The number of carbonyl (C=O) groups excluding carboxylic acids is 1. The minimum atomic E-state index is -0.0719. The second kappa shape index (κ2) is 8.64. The van der Waals surface area contributed by atoms with Gasteiger partial charge in [0.1, 0.15) is 12.7 Å². The normalized spacial score (nSPS) is 11.9. The SMILES string of the molecule is CC(c1ccc(-n2cncn2)cc1)N(C)C(=O)CCc1nc(-c2ccncc2)no1. The number of nitrogens with zero attached hydrogens (tertiary/aromatic N) is 7. The van der Waals surface area contributed by atoms with Crippen molar-refractivity contribution in [2.45, 2.75) is 25.8 Å². The maximum absolute atomic E-state index is 12.7. The Morgan fingerprint density at radius 1 is 1.13 bits per heavy atom. The van der Waals surface area contributed by atoms with Gasteiger partial charge in [-0.05, 0) is 36.8 Å². The summed E-state index contributed by atoms with van der Waals surface area (Å²) in [5.74, 6) is 0.939. The lowest BCUT2D eigenvalue weighted by Crippen LogP contribution is -2.29. The summed E-state index contributed by atoms with van der Waals surface area (Å²) in [6.07, 6.45) is 7.15. The Morgan fingerprint density at radius 2 is 1.90 bits per heavy atom. The van der Waals surface area contributed by atoms with E-state index in [0.29, 0.717) is 18.1 Å². The predicted molar refractivity (Wildman–Crippen MR) is 108 cm³/mol. The number of carbonyl (C=O) groups is 1. The standard InChI is InChI=1S/C21H21N7O2/c1-15(16-3-5-18(6-4-16)28-14-23-13-24-28)27(2)20(29)8-7-19-25-21(26-30-19)17-9-11-22-12-10-17/h3-6,9-15H,7-8H2,1-2H3. The lowest BCUT2D eigenvalue weighted by Gasteiger charge is -2.25. The Labute approximate surface area is 173 Å². The summed E-state index contributed by atoms with van der Waals surface area (Å²) in [6, 6.07) is 11.4. The van der Waals surface area contributed by atoms with E-state index in [1.807, 2.05) is 43.3 Å². The van der Waals surface area contributed by atoms with Crippen molar-refractivity contribution in [1.29, 1.82) is 0 Å². The van der Waals surface area contributed by atoms with Crippen molar-refractivity contribution < 1.29 is 9.32 Å². The molecule has 0 fully saturated rings. The van der Waals surface area contributed by atoms with Gasteiger partial charge in [0.2, 0.25) is 17.6 Å². The van der Waals surface area contributed by atoms with Crippen LogP contribution in [0, 0.1) is 0 Å². The summed E-state index contributed by atoms with van der Waals surface area (Å²) in [7, 11) is 1.80. The molecule has 4 aromatic rings. The fourth-order valence-corrected chi connectivity index (χ4v) is 3.05. The van der Waals surface area contributed by atoms with E-state index in [1.54, 1.807) is 35.4 Å². The second-order valence-electron chi connectivity index (χ2n) is 6.86. The van der Waals surface area contributed by atoms with Crippen LogP contribution >= 0.6 is 0 Å². The van der Waals surface area contributed by atoms with Crippen LogP contribution in [0.15, 0.2) is 66.0 Å². The number of pyridine rings is 1. The molecule has 0 spiro atoms. The average molecular weight is 403 g/mol. The molecule has 1 amide bonds. The Balaban J connectivity index is 1.35. The van der Waals surface area contributed by atoms with Crippen molar-refractivity contribution in [3.8, 4) is 17.1 Å². The van der Waals surface area contributed by atoms with Gasteiger partial charge in [-0.25, -0.2) is 9.67 Å². The van der Waals surface area contributed by atoms with Crippen LogP contribution in [0.3, 0.4) is 0 Å². The molecule has 1 atom stereocenters. The maximum Gasteiger partial charge on any atom is 0.227 e. The summed E-state index contributed by atoms with van der Waals surface area (Å²) < 4.78 is 6.97. The Hall–Kier alpha value is -3.88. The molecule has 9 nitrogen and oxygen atoms in total. The summed E-state index contributed by atoms with van der Waals surface area (Å²) >= 11 is 0. The molecular weight excluding hydrogens is 382 g/mol. The van der Waals surface area contributed by atoms with Crippen LogP contribution in [0.5, 0.6) is 0 Å². The predicted octanol–water partition coefficient (Wildman–Crippen LogP) is 2.86. The zero-order chi connectivity index (χ0) is 20.9. The smallest absolute Gasteiger partial charge is 0.227 e. The molecule has 0 saturated heterocycles. The average Bonchev–Trinajstić information content (AvgIpc) is 3.50. The molecule has 0 aliphatic heterocycles. The highest BCUT2D eigenvalue weighted by molar-refractivity contribution is 5.76. The van der Waals surface area contributed by atoms with Gasteiger partial charge in [0.15, 0.2) is 0 Å². The highest BCUT2D eigenvalue weighted by Gasteiger charge is 2.19. The zero-order valence-electron chi connectivity index (χ0n) is 16.7. The molecule has 0 radical (unpaired) electrons. The molecule has 1 aromatic carbocycles. The van der Waals surface area contributed by atoms with Crippen molar-refractivity contribution in [3.05, 3.63) is 72.9 Å². The van der Waals surface area contributed by atoms with Crippen molar-refractivity contribution >= 4 is 5.91 Å². The van der Waals surface area contributed by atoms with Crippen LogP contribution in [-0.2, 0) is 11.2 Å². The van der Waals surface area contributed by atoms with Gasteiger partial charge in [-0.15, -0.1) is 0 Å². The van der Waals surface area contributed by atoms with E-state index in [-0.39, 0.29) is 18.4 Å². The van der Waals surface area contributed by atoms with Crippen LogP contribution in [0.1, 0.15) is 30.8 Å². The summed E-state index contributed by atoms with van der Waals surface area (Å²) in [5.41, 5.74) is 2.78. The number of hydrogen-bond acceptors (Lipinski definition) is 7. The third kappa shape index (κ3) is 4.24. The lowest BCUT2D eigenvalue weighted by atomic mass is 10.1. The van der Waals surface area contributed by atoms with E-state index in [4.69, 9.17) is 4.52 Å². The Bertz CT molecular complexity index is 1090. The number of hydrogen-bond donors (Lipinski definition) is 0. The highest BCUT2D eigenvalue weighted by atomic mass is 16.5. The third-order valence-electron chi connectivity index (χ3n) is 4.99. The molecule has 3 heterocycles. The number of benzene rings is 1. The number of amides is 1. The fraction of sp³-hybridized carbons (Fsp3) is 0.238. The quantitative estimate of drug-likeness (QED) is 0.467. The second-order valence-corrected chi connectivity index (χ2v) is 6.86. The van der Waals surface area contributed by atoms with E-state index in [0.717, 1.165) is 16.8 Å². The Morgan fingerprint density at radius 3 is 2.60 bits per heavy atom. The van der Waals surface area contributed by atoms with Crippen molar-refractivity contribution in [1.82, 2.24) is 34.8 Å². The first-order valence-electron chi connectivity index (χ1n) is 9.55. The van der Waals surface area contributed by atoms with E-state index in [2.05, 4.69) is 25.2 Å². The van der Waals surface area contributed by atoms with Gasteiger partial charge in [-0.2, -0.15) is 10.1 Å². The summed E-state index contributed by atoms with van der Waals surface area (Å²) in [5, 5.41) is 8.09. The first-order chi connectivity index (χ1) is 14.6. The summed E-state index contributed by atoms with van der Waals surface area (Å²) in [4.78, 5) is 26.7. The molecule has 0 aliphatic rings. The third-order valence-corrected chi connectivity index (χ3v) is 4.99. The van der Waals surface area contributed by atoms with Gasteiger partial charge in [0.05, 0.1) is 11.7 Å². The van der Waals surface area contributed by atoms with Crippen molar-refractivity contribution in [3.63, 3.8) is 0 Å². The van der Waals surface area contributed by atoms with Crippen molar-refractivity contribution in [2.75, 3.05) is 7.05 Å². The van der Waals surface area contributed by atoms with Gasteiger partial charge in [0.25, 0.3) is 0 Å². The van der Waals surface area contributed by atoms with Gasteiger partial charge in [-0.1, -0.05) is 17.3 Å². The molecular formula is C21H21N7O2. The molecule has 0 aliphatic carbocycles. The van der Waals surface area contributed by atoms with E-state index >= 15 is 0 Å². The van der Waals surface area contributed by atoms with E-state index in [1.165, 1.54) is 6.33 Å². The van der Waals surface area contributed by atoms with Gasteiger partial charge in [0, 0.05) is 37.8 Å². The first kappa shape index (κ1) is 19.4. The van der Waals surface area contributed by atoms with E-state index in [9.17, 15) is 4.79 Å². The van der Waals surface area contributed by atoms with Gasteiger partial charge < -0.3 is 9.42 Å². The molecule has 4 rings (SSSR count). The van der Waals surface area contributed by atoms with Crippen LogP contribution in [0.4, 0.5) is 0 Å². The number of aromatic nitrogens is 6. The fourth-order valence-electron chi connectivity index (χ4n) is 3.05. The minimum Gasteiger partial charge on any atom is -0.339 e. The number of aryl methyl sites for hydroxylation is 1. The monoisotopic (exact) mass is 403 g/mol. The Kier molecular flexibility index (Phi) is 5.60. The molecule has 152 valence electrons. The van der Waals surface area contributed by atoms with Gasteiger partial charge >= 0.3 is 0 Å². The molecule has 0 N–H and O–H groups in total. The van der Waals surface area contributed by atoms with Crippen LogP contribution in [-0.4, -0.2) is 47.7 Å². The molecule has 9 heteroatoms. The first-order valence-corrected chi connectivity index (χ1v) is 9.55. The molecule has 0 bridgehead atoms. The largest absolute Gasteiger partial charge is 0.339 e. The maximum atomic E-state index is 12.7. The van der Waals surface area contributed by atoms with Crippen LogP contribution in [0.25, 0.3) is 17.1 Å². The van der Waals surface area contributed by atoms with Crippen LogP contribution in [0.2, 0.25) is 0 Å². The van der Waals surface area contributed by atoms with Gasteiger partial charge in [-0.3, -0.25) is 9.78 Å². The highest BCUT2D eigenvalue weighted by Crippen LogP contribution is 2.21. The summed E-state index contributed by atoms with van der Waals surface area (Å²) in [6.45, 7) is 2.00. The number of rotatable bonds is 7. The molecule has 1 unspecified atom stereocenters. The molecule has 3 aromatic heterocycles.